The van der Waals surface area contributed by atoms with Crippen LogP contribution in [-0.4, -0.2) is 51.2 Å². The number of unbranched alkanes of at least 4 members (excludes halogenated alkanes) is 7. The highest BCUT2D eigenvalue weighted by Crippen LogP contribution is 2.55. The van der Waals surface area contributed by atoms with E-state index in [0.717, 1.165) is 30.6 Å². The Hall–Kier alpha value is -1.15. The fourth-order valence-corrected chi connectivity index (χ4v) is 7.03. The summed E-state index contributed by atoms with van der Waals surface area (Å²) < 4.78 is 38.3. The number of piperidine rings is 1. The molecule has 200 valence electrons. The maximum Gasteiger partial charge on any atom is 0.397 e. The van der Waals surface area contributed by atoms with Crippen LogP contribution < -0.4 is 4.74 Å². The monoisotopic (exact) mass is 509 g/mol. The van der Waals surface area contributed by atoms with Crippen molar-refractivity contribution in [1.29, 1.82) is 0 Å². The normalized spacial score (nSPS) is 25.7. The zero-order valence-electron chi connectivity index (χ0n) is 22.1. The molecule has 1 N–H and O–H groups in total. The number of rotatable bonds is 11. The molecule has 0 amide bonds. The molecule has 3 atom stereocenters. The Kier molecular flexibility index (Phi) is 10.9. The second kappa shape index (κ2) is 13.4. The highest BCUT2D eigenvalue weighted by molar-refractivity contribution is 7.80. The van der Waals surface area contributed by atoms with Crippen molar-refractivity contribution < 1.29 is 21.9 Å². The van der Waals surface area contributed by atoms with E-state index in [9.17, 15) is 8.42 Å². The van der Waals surface area contributed by atoms with Crippen molar-refractivity contribution in [1.82, 2.24) is 4.90 Å². The maximum atomic E-state index is 10.2. The third-order valence-electron chi connectivity index (χ3n) is 8.55. The maximum absolute atomic E-state index is 10.2. The molecule has 0 radical (unpaired) electrons. The number of hydrogen-bond donors (Lipinski definition) is 1. The van der Waals surface area contributed by atoms with Gasteiger partial charge >= 0.3 is 10.4 Å². The Morgan fingerprint density at radius 2 is 1.77 bits per heavy atom. The van der Waals surface area contributed by atoms with Crippen LogP contribution in [0.4, 0.5) is 0 Å². The molecule has 2 aliphatic carbocycles. The zero-order chi connectivity index (χ0) is 25.3. The molecule has 0 unspecified atom stereocenters. The smallest absolute Gasteiger partial charge is 0.397 e. The molecule has 1 aromatic carbocycles. The average Bonchev–Trinajstić information content (AvgIpc) is 2.85. The number of hydrogen-bond acceptors (Lipinski definition) is 5. The van der Waals surface area contributed by atoms with Gasteiger partial charge in [0, 0.05) is 11.5 Å². The number of benzene rings is 1. The fourth-order valence-electron chi connectivity index (χ4n) is 6.70. The summed E-state index contributed by atoms with van der Waals surface area (Å²) in [5, 5.41) is 0. The van der Waals surface area contributed by atoms with Crippen molar-refractivity contribution in [2.45, 2.75) is 108 Å². The van der Waals surface area contributed by atoms with Gasteiger partial charge in [-0.15, -0.1) is 0 Å². The summed E-state index contributed by atoms with van der Waals surface area (Å²) in [4.78, 5) is 2.63. The van der Waals surface area contributed by atoms with Crippen LogP contribution in [0.5, 0.6) is 5.75 Å². The van der Waals surface area contributed by atoms with Gasteiger partial charge in [0.2, 0.25) is 0 Å². The van der Waals surface area contributed by atoms with E-state index >= 15 is 0 Å². The number of ether oxygens (including phenoxy) is 1. The molecule has 2 fully saturated rings. The molecule has 0 aromatic heterocycles. The minimum atomic E-state index is -4.23. The van der Waals surface area contributed by atoms with Crippen LogP contribution in [0.15, 0.2) is 18.2 Å². The minimum Gasteiger partial charge on any atom is -0.497 e. The molecule has 2 bridgehead atoms. The summed E-state index contributed by atoms with van der Waals surface area (Å²) in [7, 11) is -0.108. The summed E-state index contributed by atoms with van der Waals surface area (Å²) in [6.07, 6.45) is 17.3. The number of methoxy groups -OCH3 is 1. The van der Waals surface area contributed by atoms with E-state index in [-0.39, 0.29) is 6.61 Å². The summed E-state index contributed by atoms with van der Waals surface area (Å²) in [6, 6.07) is 7.60. The van der Waals surface area contributed by atoms with Crippen molar-refractivity contribution in [2.24, 2.45) is 5.92 Å². The standard InChI is InChI=1S/C18H25NO.C10H22O4S/c1-19-10-9-18-8-4-3-5-15(18)17(19)11-13-6-7-14(20-2)12-16(13)18;1-2-3-4-5-6-7-8-9-10-14-15(11,12)13/h6-7,12,15,17H,3-5,8-11H2,1-2H3;2-10H2,1H3,(H,11,12,13)/t15-,17+,18+;/m1./s1. The van der Waals surface area contributed by atoms with E-state index in [1.165, 1.54) is 77.2 Å². The molecule has 4 rings (SSSR count). The Morgan fingerprint density at radius 1 is 1.06 bits per heavy atom. The molecule has 1 heterocycles. The summed E-state index contributed by atoms with van der Waals surface area (Å²) in [5.41, 5.74) is 3.67. The van der Waals surface area contributed by atoms with Crippen molar-refractivity contribution in [3.05, 3.63) is 29.3 Å². The predicted molar refractivity (Wildman–Crippen MR) is 141 cm³/mol. The zero-order valence-corrected chi connectivity index (χ0v) is 23.0. The quantitative estimate of drug-likeness (QED) is 0.277. The number of likely N-dealkylation sites (N-methyl/N-ethyl adjacent to an activating group) is 1. The third-order valence-corrected chi connectivity index (χ3v) is 9.02. The van der Waals surface area contributed by atoms with Gasteiger partial charge in [0.05, 0.1) is 13.7 Å². The lowest BCUT2D eigenvalue weighted by Crippen LogP contribution is -2.59. The molecular formula is C28H47NO5S. The first kappa shape index (κ1) is 28.4. The lowest BCUT2D eigenvalue weighted by Gasteiger charge is -2.58. The van der Waals surface area contributed by atoms with Crippen LogP contribution in [0.1, 0.15) is 102 Å². The molecule has 35 heavy (non-hydrogen) atoms. The van der Waals surface area contributed by atoms with Gasteiger partial charge in [-0.05, 0) is 74.9 Å². The molecular weight excluding hydrogens is 462 g/mol. The highest BCUT2D eigenvalue weighted by Gasteiger charge is 2.53. The summed E-state index contributed by atoms with van der Waals surface area (Å²) >= 11 is 0. The van der Waals surface area contributed by atoms with Gasteiger partial charge in [0.1, 0.15) is 5.75 Å². The van der Waals surface area contributed by atoms with Crippen molar-refractivity contribution in [2.75, 3.05) is 27.3 Å². The molecule has 3 aliphatic rings. The van der Waals surface area contributed by atoms with E-state index < -0.39 is 10.4 Å². The van der Waals surface area contributed by atoms with Crippen LogP contribution in [0.25, 0.3) is 0 Å². The van der Waals surface area contributed by atoms with Gasteiger partial charge in [-0.2, -0.15) is 8.42 Å². The van der Waals surface area contributed by atoms with Gasteiger partial charge in [0.25, 0.3) is 0 Å². The molecule has 7 heteroatoms. The highest BCUT2D eigenvalue weighted by atomic mass is 32.3. The first-order chi connectivity index (χ1) is 16.8. The number of fused-ring (bicyclic) bond motifs is 1. The van der Waals surface area contributed by atoms with Crippen LogP contribution in [0.3, 0.4) is 0 Å². The molecule has 6 nitrogen and oxygen atoms in total. The fraction of sp³-hybridized carbons (Fsp3) is 0.786. The Bertz CT molecular complexity index is 889. The Morgan fingerprint density at radius 3 is 2.46 bits per heavy atom. The topological polar surface area (TPSA) is 76.1 Å². The van der Waals surface area contributed by atoms with Gasteiger partial charge in [-0.3, -0.25) is 4.55 Å². The largest absolute Gasteiger partial charge is 0.497 e. The molecule has 1 aliphatic heterocycles. The van der Waals surface area contributed by atoms with E-state index in [2.05, 4.69) is 41.3 Å². The molecule has 1 saturated carbocycles. The van der Waals surface area contributed by atoms with E-state index in [1.54, 1.807) is 18.2 Å². The van der Waals surface area contributed by atoms with Crippen molar-refractivity contribution >= 4 is 10.4 Å². The van der Waals surface area contributed by atoms with Gasteiger partial charge in [-0.25, -0.2) is 4.18 Å². The summed E-state index contributed by atoms with van der Waals surface area (Å²) in [6.45, 7) is 3.54. The Labute approximate surface area is 213 Å². The lowest BCUT2D eigenvalue weighted by atomic mass is 9.52. The second-order valence-corrected chi connectivity index (χ2v) is 11.8. The van der Waals surface area contributed by atoms with E-state index in [4.69, 9.17) is 9.29 Å². The molecule has 1 aromatic rings. The molecule has 1 saturated heterocycles. The van der Waals surface area contributed by atoms with Crippen molar-refractivity contribution in [3.63, 3.8) is 0 Å². The lowest BCUT2D eigenvalue weighted by molar-refractivity contribution is 0.00274. The predicted octanol–water partition coefficient (Wildman–Crippen LogP) is 6.33. The van der Waals surface area contributed by atoms with Crippen LogP contribution >= 0.6 is 0 Å². The third kappa shape index (κ3) is 7.67. The van der Waals surface area contributed by atoms with Crippen LogP contribution in [-0.2, 0) is 26.4 Å². The van der Waals surface area contributed by atoms with Gasteiger partial charge in [-0.1, -0.05) is 70.8 Å². The van der Waals surface area contributed by atoms with Gasteiger partial charge in [0.15, 0.2) is 0 Å². The van der Waals surface area contributed by atoms with E-state index in [1.807, 2.05) is 0 Å². The first-order valence-electron chi connectivity index (χ1n) is 13.8. The molecule has 0 spiro atoms. The number of nitrogens with zero attached hydrogens (tertiary/aromatic N) is 1. The first-order valence-corrected chi connectivity index (χ1v) is 15.2. The van der Waals surface area contributed by atoms with Crippen LogP contribution in [0.2, 0.25) is 0 Å². The number of likely N-dealkylation sites (tertiary alicyclic amines) is 1. The van der Waals surface area contributed by atoms with Gasteiger partial charge < -0.3 is 9.64 Å². The Balaban J connectivity index is 0.000000207. The van der Waals surface area contributed by atoms with Crippen LogP contribution in [0, 0.1) is 5.92 Å². The minimum absolute atomic E-state index is 0.0911. The summed E-state index contributed by atoms with van der Waals surface area (Å²) in [5.74, 6) is 1.91. The average molecular weight is 510 g/mol. The van der Waals surface area contributed by atoms with Crippen molar-refractivity contribution in [3.8, 4) is 5.75 Å². The second-order valence-electron chi connectivity index (χ2n) is 10.8. The SMILES string of the molecule is CCCCCCCCCCOS(=O)(=O)O.COc1ccc2c(c1)[C@]13CCCC[C@@H]1[C@H](C2)N(C)CC3. The van der Waals surface area contributed by atoms with E-state index in [0.29, 0.717) is 11.8 Å².